The van der Waals surface area contributed by atoms with E-state index in [1.54, 1.807) is 19.2 Å². The van der Waals surface area contributed by atoms with E-state index in [2.05, 4.69) is 60.2 Å². The molecule has 5 nitrogen and oxygen atoms in total. The molecule has 0 fully saturated rings. The maximum atomic E-state index is 6.13. The monoisotopic (exact) mass is 370 g/mol. The summed E-state index contributed by atoms with van der Waals surface area (Å²) in [5, 5.41) is 7.74. The number of rotatable bonds is 4. The molecule has 1 heterocycles. The average Bonchev–Trinajstić information content (AvgIpc) is 3.05. The molecule has 0 aliphatic carbocycles. The molecule has 0 amide bonds. The Labute approximate surface area is 158 Å². The zero-order valence-corrected chi connectivity index (χ0v) is 16.2. The third-order valence-corrected chi connectivity index (χ3v) is 4.61. The lowest BCUT2D eigenvalue weighted by molar-refractivity contribution is 0.416. The number of hydrogen-bond acceptors (Lipinski definition) is 4. The minimum absolute atomic E-state index is 0.142. The van der Waals surface area contributed by atoms with Gasteiger partial charge in [0, 0.05) is 12.5 Å². The van der Waals surface area contributed by atoms with Crippen molar-refractivity contribution in [1.82, 2.24) is 15.2 Å². The minimum atomic E-state index is 0.142. The Morgan fingerprint density at radius 1 is 1.15 bits per heavy atom. The van der Waals surface area contributed by atoms with Gasteiger partial charge >= 0.3 is 0 Å². The summed E-state index contributed by atoms with van der Waals surface area (Å²) < 4.78 is 5.38. The van der Waals surface area contributed by atoms with Gasteiger partial charge in [-0.3, -0.25) is 5.10 Å². The van der Waals surface area contributed by atoms with Crippen LogP contribution in [0.1, 0.15) is 37.7 Å². The van der Waals surface area contributed by atoms with Crippen molar-refractivity contribution in [2.24, 2.45) is 0 Å². The van der Waals surface area contributed by atoms with Crippen molar-refractivity contribution in [3.05, 3.63) is 58.4 Å². The van der Waals surface area contributed by atoms with E-state index in [1.807, 2.05) is 0 Å². The number of nitrogen functional groups attached to an aromatic ring is 1. The lowest BCUT2D eigenvalue weighted by Crippen LogP contribution is -2.10. The van der Waals surface area contributed by atoms with Gasteiger partial charge in [-0.1, -0.05) is 56.6 Å². The molecule has 0 saturated carbocycles. The Morgan fingerprint density at radius 3 is 2.46 bits per heavy atom. The molecule has 26 heavy (non-hydrogen) atoms. The summed E-state index contributed by atoms with van der Waals surface area (Å²) in [5.41, 5.74) is 9.62. The zero-order valence-electron chi connectivity index (χ0n) is 15.4. The summed E-state index contributed by atoms with van der Waals surface area (Å²) in [6.45, 7) is 6.61. The fourth-order valence-electron chi connectivity index (χ4n) is 2.72. The van der Waals surface area contributed by atoms with Crippen molar-refractivity contribution in [2.75, 3.05) is 12.8 Å². The van der Waals surface area contributed by atoms with Gasteiger partial charge < -0.3 is 10.5 Å². The molecule has 0 radical (unpaired) electrons. The summed E-state index contributed by atoms with van der Waals surface area (Å²) in [6, 6.07) is 12.0. The van der Waals surface area contributed by atoms with E-state index in [9.17, 15) is 0 Å². The fraction of sp³-hybridized carbons (Fsp3) is 0.300. The number of nitrogens with one attached hydrogen (secondary N) is 1. The molecule has 3 rings (SSSR count). The number of aromatic nitrogens is 3. The maximum Gasteiger partial charge on any atom is 0.184 e. The molecule has 2 aromatic carbocycles. The van der Waals surface area contributed by atoms with Crippen LogP contribution >= 0.6 is 11.6 Å². The smallest absolute Gasteiger partial charge is 0.184 e. The first kappa shape index (κ1) is 18.3. The van der Waals surface area contributed by atoms with E-state index in [0.717, 1.165) is 5.82 Å². The normalized spacial score (nSPS) is 11.6. The first-order chi connectivity index (χ1) is 12.3. The number of hydrogen-bond donors (Lipinski definition) is 2. The number of methoxy groups -OCH3 is 1. The van der Waals surface area contributed by atoms with Crippen LogP contribution in [-0.4, -0.2) is 22.3 Å². The van der Waals surface area contributed by atoms with Gasteiger partial charge in [0.25, 0.3) is 0 Å². The van der Waals surface area contributed by atoms with Crippen molar-refractivity contribution < 1.29 is 4.74 Å². The van der Waals surface area contributed by atoms with Gasteiger partial charge in [0.15, 0.2) is 5.82 Å². The van der Waals surface area contributed by atoms with Gasteiger partial charge in [-0.05, 0) is 22.6 Å². The number of nitrogens with two attached hydrogens (primary N) is 1. The van der Waals surface area contributed by atoms with Crippen molar-refractivity contribution in [1.29, 1.82) is 0 Å². The molecular weight excluding hydrogens is 348 g/mol. The van der Waals surface area contributed by atoms with Crippen LogP contribution in [0.2, 0.25) is 5.02 Å². The molecule has 0 atom stereocenters. The summed E-state index contributed by atoms with van der Waals surface area (Å²) in [6.07, 6.45) is 0.669. The fourth-order valence-corrected chi connectivity index (χ4v) is 2.89. The number of H-pyrrole nitrogens is 1. The SMILES string of the molecule is COc1cc(N)c(Cl)cc1-c1n[nH]c(Cc2ccc(C(C)(C)C)cc2)n1. The van der Waals surface area contributed by atoms with Crippen LogP contribution in [0, 0.1) is 0 Å². The Bertz CT molecular complexity index is 911. The average molecular weight is 371 g/mol. The highest BCUT2D eigenvalue weighted by molar-refractivity contribution is 6.33. The number of ether oxygens (including phenoxy) is 1. The first-order valence-corrected chi connectivity index (χ1v) is 8.80. The van der Waals surface area contributed by atoms with Crippen molar-refractivity contribution in [3.63, 3.8) is 0 Å². The molecule has 0 aliphatic rings. The van der Waals surface area contributed by atoms with E-state index in [4.69, 9.17) is 22.1 Å². The Hall–Kier alpha value is -2.53. The molecule has 136 valence electrons. The number of benzene rings is 2. The van der Waals surface area contributed by atoms with Crippen molar-refractivity contribution >= 4 is 17.3 Å². The molecule has 0 unspecified atom stereocenters. The quantitative estimate of drug-likeness (QED) is 0.658. The van der Waals surface area contributed by atoms with Crippen LogP contribution in [0.5, 0.6) is 5.75 Å². The van der Waals surface area contributed by atoms with E-state index in [0.29, 0.717) is 34.3 Å². The number of nitrogens with zero attached hydrogens (tertiary/aromatic N) is 2. The largest absolute Gasteiger partial charge is 0.496 e. The Morgan fingerprint density at radius 2 is 1.85 bits per heavy atom. The van der Waals surface area contributed by atoms with Gasteiger partial charge in [-0.25, -0.2) is 4.98 Å². The summed E-state index contributed by atoms with van der Waals surface area (Å²) in [5.74, 6) is 1.90. The summed E-state index contributed by atoms with van der Waals surface area (Å²) in [4.78, 5) is 4.58. The second-order valence-electron chi connectivity index (χ2n) is 7.30. The molecular formula is C20H23ClN4O. The molecule has 0 aliphatic heterocycles. The van der Waals surface area contributed by atoms with Gasteiger partial charge in [0.2, 0.25) is 0 Å². The van der Waals surface area contributed by atoms with E-state index >= 15 is 0 Å². The number of aromatic amines is 1. The number of anilines is 1. The van der Waals surface area contributed by atoms with Crippen LogP contribution < -0.4 is 10.5 Å². The second-order valence-corrected chi connectivity index (χ2v) is 7.71. The summed E-state index contributed by atoms with van der Waals surface area (Å²) >= 11 is 6.13. The van der Waals surface area contributed by atoms with Gasteiger partial charge in [0.1, 0.15) is 11.6 Å². The highest BCUT2D eigenvalue weighted by Crippen LogP contribution is 2.34. The maximum absolute atomic E-state index is 6.13. The molecule has 0 bridgehead atoms. The molecule has 0 spiro atoms. The van der Waals surface area contributed by atoms with Gasteiger partial charge in [-0.2, -0.15) is 5.10 Å². The highest BCUT2D eigenvalue weighted by atomic mass is 35.5. The van der Waals surface area contributed by atoms with Crippen LogP contribution in [-0.2, 0) is 11.8 Å². The second kappa shape index (κ2) is 7.00. The van der Waals surface area contributed by atoms with E-state index in [-0.39, 0.29) is 5.41 Å². The van der Waals surface area contributed by atoms with E-state index in [1.165, 1.54) is 11.1 Å². The first-order valence-electron chi connectivity index (χ1n) is 8.42. The standard InChI is InChI=1S/C20H23ClN4O/c1-20(2,3)13-7-5-12(6-8-13)9-18-23-19(25-24-18)14-10-15(21)16(22)11-17(14)26-4/h5-8,10-11H,9,22H2,1-4H3,(H,23,24,25). The zero-order chi connectivity index (χ0) is 18.9. The summed E-state index contributed by atoms with van der Waals surface area (Å²) in [7, 11) is 1.58. The highest BCUT2D eigenvalue weighted by Gasteiger charge is 2.15. The van der Waals surface area contributed by atoms with Crippen LogP contribution in [0.4, 0.5) is 5.69 Å². The van der Waals surface area contributed by atoms with Crippen molar-refractivity contribution in [3.8, 4) is 17.1 Å². The lowest BCUT2D eigenvalue weighted by atomic mass is 9.86. The molecule has 3 N–H and O–H groups in total. The van der Waals surface area contributed by atoms with Crippen LogP contribution in [0.25, 0.3) is 11.4 Å². The van der Waals surface area contributed by atoms with Crippen LogP contribution in [0.3, 0.4) is 0 Å². The van der Waals surface area contributed by atoms with E-state index < -0.39 is 0 Å². The predicted molar refractivity (Wildman–Crippen MR) is 106 cm³/mol. The topological polar surface area (TPSA) is 76.8 Å². The third-order valence-electron chi connectivity index (χ3n) is 4.28. The third kappa shape index (κ3) is 3.83. The minimum Gasteiger partial charge on any atom is -0.496 e. The molecule has 0 saturated heterocycles. The predicted octanol–water partition coefficient (Wildman–Crippen LogP) is 4.60. The lowest BCUT2D eigenvalue weighted by Gasteiger charge is -2.19. The Kier molecular flexibility index (Phi) is 4.92. The van der Waals surface area contributed by atoms with Gasteiger partial charge in [-0.15, -0.1) is 0 Å². The molecule has 6 heteroatoms. The van der Waals surface area contributed by atoms with Crippen molar-refractivity contribution in [2.45, 2.75) is 32.6 Å². The van der Waals surface area contributed by atoms with Gasteiger partial charge in [0.05, 0.1) is 23.4 Å². The Balaban J connectivity index is 1.84. The van der Waals surface area contributed by atoms with Crippen LogP contribution in [0.15, 0.2) is 36.4 Å². The molecule has 1 aromatic heterocycles. The number of halogens is 1. The molecule has 3 aromatic rings.